The first kappa shape index (κ1) is 31.0. The summed E-state index contributed by atoms with van der Waals surface area (Å²) in [7, 11) is -3.60. The Hall–Kier alpha value is -2.49. The number of benzene rings is 3. The molecule has 0 spiro atoms. The van der Waals surface area contributed by atoms with Gasteiger partial charge in [0.1, 0.15) is 0 Å². The van der Waals surface area contributed by atoms with Gasteiger partial charge in [-0.3, -0.25) is 0 Å². The number of aryl methyl sites for hydroxylation is 1. The van der Waals surface area contributed by atoms with Gasteiger partial charge in [0, 0.05) is 22.2 Å². The highest BCUT2D eigenvalue weighted by atomic mass is 127. The van der Waals surface area contributed by atoms with Crippen LogP contribution in [0.5, 0.6) is 0 Å². The summed E-state index contributed by atoms with van der Waals surface area (Å²) in [6, 6.07) is 27.4. The topological polar surface area (TPSA) is 59.0 Å². The highest BCUT2D eigenvalue weighted by Gasteiger charge is 2.39. The SMILES string of the molecule is Cc1ccc(S(=O)(=O)N(CCCC/C=C(\I)[C@H]2OC(c3ccccc3)=N[C@@H]2C2CCCCC2)Cc2ccccc2)cc1. The zero-order valence-corrected chi connectivity index (χ0v) is 27.3. The molecule has 0 unspecified atom stereocenters. The number of unbranched alkanes of at least 4 members (excludes halogenated alkanes) is 2. The lowest BCUT2D eigenvalue weighted by Gasteiger charge is -2.28. The molecule has 0 N–H and O–H groups in total. The summed E-state index contributed by atoms with van der Waals surface area (Å²) in [4.78, 5) is 5.48. The van der Waals surface area contributed by atoms with Crippen molar-refractivity contribution in [3.05, 3.63) is 111 Å². The Balaban J connectivity index is 1.23. The maximum atomic E-state index is 13.6. The minimum atomic E-state index is -3.60. The van der Waals surface area contributed by atoms with Crippen LogP contribution in [0.3, 0.4) is 0 Å². The van der Waals surface area contributed by atoms with E-state index in [1.54, 1.807) is 16.4 Å². The molecule has 0 bridgehead atoms. The molecule has 0 aromatic heterocycles. The van der Waals surface area contributed by atoms with Gasteiger partial charge in [0.25, 0.3) is 0 Å². The number of ether oxygens (including phenoxy) is 1. The number of allylic oxidation sites excluding steroid dienone is 1. The van der Waals surface area contributed by atoms with Crippen LogP contribution in [0.1, 0.15) is 68.1 Å². The minimum Gasteiger partial charge on any atom is -0.466 e. The molecule has 5 rings (SSSR count). The smallest absolute Gasteiger partial charge is 0.243 e. The first-order valence-electron chi connectivity index (χ1n) is 15.2. The molecule has 2 aliphatic rings. The van der Waals surface area contributed by atoms with Gasteiger partial charge in [-0.1, -0.05) is 91.6 Å². The van der Waals surface area contributed by atoms with Crippen LogP contribution in [0.15, 0.2) is 104 Å². The van der Waals surface area contributed by atoms with E-state index in [-0.39, 0.29) is 12.1 Å². The quantitative estimate of drug-likeness (QED) is 0.141. The molecule has 1 aliphatic carbocycles. The summed E-state index contributed by atoms with van der Waals surface area (Å²) in [6.07, 6.45) is 11.1. The number of rotatable bonds is 12. The van der Waals surface area contributed by atoms with E-state index >= 15 is 0 Å². The molecule has 42 heavy (non-hydrogen) atoms. The molecule has 222 valence electrons. The minimum absolute atomic E-state index is 0.0413. The van der Waals surface area contributed by atoms with Gasteiger partial charge in [-0.05, 0) is 97.4 Å². The monoisotopic (exact) mass is 696 g/mol. The maximum Gasteiger partial charge on any atom is 0.243 e. The molecule has 3 aromatic rings. The molecule has 5 nitrogen and oxygen atoms in total. The molecule has 3 aromatic carbocycles. The maximum absolute atomic E-state index is 13.6. The zero-order chi connectivity index (χ0) is 29.4. The van der Waals surface area contributed by atoms with Gasteiger partial charge in [-0.25, -0.2) is 13.4 Å². The normalized spacial score (nSPS) is 20.0. The second kappa shape index (κ2) is 14.8. The first-order valence-corrected chi connectivity index (χ1v) is 17.7. The molecule has 2 atom stereocenters. The molecule has 0 saturated heterocycles. The van der Waals surface area contributed by atoms with E-state index in [1.165, 1.54) is 35.7 Å². The van der Waals surface area contributed by atoms with E-state index in [1.807, 2.05) is 67.6 Å². The van der Waals surface area contributed by atoms with Crippen LogP contribution in [0.25, 0.3) is 0 Å². The van der Waals surface area contributed by atoms with Crippen molar-refractivity contribution in [1.29, 1.82) is 0 Å². The molecule has 1 fully saturated rings. The third-order valence-corrected chi connectivity index (χ3v) is 11.2. The van der Waals surface area contributed by atoms with Crippen molar-refractivity contribution < 1.29 is 13.2 Å². The van der Waals surface area contributed by atoms with Crippen LogP contribution in [0.2, 0.25) is 0 Å². The molecule has 1 aliphatic heterocycles. The van der Waals surface area contributed by atoms with Crippen LogP contribution >= 0.6 is 22.6 Å². The fraction of sp³-hybridized carbons (Fsp3) is 0.400. The molecule has 1 saturated carbocycles. The molecule has 0 amide bonds. The van der Waals surface area contributed by atoms with Crippen LogP contribution in [0, 0.1) is 12.8 Å². The van der Waals surface area contributed by atoms with E-state index in [4.69, 9.17) is 9.73 Å². The number of hydrogen-bond acceptors (Lipinski definition) is 4. The van der Waals surface area contributed by atoms with Crippen molar-refractivity contribution in [2.24, 2.45) is 10.9 Å². The molecule has 7 heteroatoms. The lowest BCUT2D eigenvalue weighted by molar-refractivity contribution is 0.185. The lowest BCUT2D eigenvalue weighted by Crippen LogP contribution is -2.32. The average Bonchev–Trinajstić information content (AvgIpc) is 3.48. The standard InChI is InChI=1S/C35H41IN2O3S/c1-27-21-23-31(24-22-27)42(39,40)38(26-28-14-6-2-7-15-28)25-13-5-12-20-32(36)34-33(29-16-8-3-9-17-29)37-35(41-34)30-18-10-4-11-19-30/h2,4,6-7,10-11,14-15,18-24,29,33-34H,3,5,8-9,12-13,16-17,25-26H2,1H3/b32-20-/t33-,34-/m1/s1. The van der Waals surface area contributed by atoms with E-state index in [9.17, 15) is 8.42 Å². The Morgan fingerprint density at radius 1 is 0.929 bits per heavy atom. The predicted octanol–water partition coefficient (Wildman–Crippen LogP) is 8.47. The van der Waals surface area contributed by atoms with Gasteiger partial charge in [-0.15, -0.1) is 0 Å². The zero-order valence-electron chi connectivity index (χ0n) is 24.4. The van der Waals surface area contributed by atoms with E-state index in [0.29, 0.717) is 23.9 Å². The summed E-state index contributed by atoms with van der Waals surface area (Å²) in [6.45, 7) is 2.81. The Kier molecular flexibility index (Phi) is 10.9. The second-order valence-corrected chi connectivity index (χ2v) is 14.6. The molecular formula is C35H41IN2O3S. The van der Waals surface area contributed by atoms with E-state index < -0.39 is 10.0 Å². The number of nitrogens with zero attached hydrogens (tertiary/aromatic N) is 2. The van der Waals surface area contributed by atoms with Crippen LogP contribution in [-0.4, -0.2) is 37.3 Å². The summed E-state index contributed by atoms with van der Waals surface area (Å²) < 4.78 is 36.6. The predicted molar refractivity (Wildman–Crippen MR) is 179 cm³/mol. The van der Waals surface area contributed by atoms with Gasteiger partial charge < -0.3 is 4.74 Å². The van der Waals surface area contributed by atoms with Crippen LogP contribution in [-0.2, 0) is 21.3 Å². The Morgan fingerprint density at radius 3 is 2.29 bits per heavy atom. The highest BCUT2D eigenvalue weighted by Crippen LogP contribution is 2.38. The summed E-state index contributed by atoms with van der Waals surface area (Å²) >= 11 is 2.44. The van der Waals surface area contributed by atoms with E-state index in [0.717, 1.165) is 41.9 Å². The van der Waals surface area contributed by atoms with Crippen LogP contribution in [0.4, 0.5) is 0 Å². The number of aliphatic imine (C=N–C) groups is 1. The van der Waals surface area contributed by atoms with Crippen molar-refractivity contribution in [3.8, 4) is 0 Å². The fourth-order valence-electron chi connectivity index (χ4n) is 5.91. The van der Waals surface area contributed by atoms with Crippen molar-refractivity contribution >= 4 is 38.5 Å². The lowest BCUT2D eigenvalue weighted by atomic mass is 9.82. The summed E-state index contributed by atoms with van der Waals surface area (Å²) in [5.74, 6) is 1.32. The molecular weight excluding hydrogens is 655 g/mol. The Labute approximate surface area is 265 Å². The van der Waals surface area contributed by atoms with Crippen molar-refractivity contribution in [1.82, 2.24) is 4.31 Å². The summed E-state index contributed by atoms with van der Waals surface area (Å²) in [5, 5.41) is 0. The van der Waals surface area contributed by atoms with Gasteiger partial charge in [0.05, 0.1) is 10.9 Å². The van der Waals surface area contributed by atoms with Gasteiger partial charge in [-0.2, -0.15) is 4.31 Å². The largest absolute Gasteiger partial charge is 0.466 e. The highest BCUT2D eigenvalue weighted by molar-refractivity contribution is 14.1. The van der Waals surface area contributed by atoms with Gasteiger partial charge in [0.15, 0.2) is 6.10 Å². The third-order valence-electron chi connectivity index (χ3n) is 8.30. The third kappa shape index (κ3) is 7.91. The van der Waals surface area contributed by atoms with Crippen molar-refractivity contribution in [2.75, 3.05) is 6.54 Å². The number of sulfonamides is 1. The molecule has 0 radical (unpaired) electrons. The number of hydrogen-bond donors (Lipinski definition) is 0. The second-order valence-electron chi connectivity index (χ2n) is 11.4. The first-order chi connectivity index (χ1) is 20.4. The van der Waals surface area contributed by atoms with Crippen molar-refractivity contribution in [2.45, 2.75) is 81.9 Å². The Morgan fingerprint density at radius 2 is 1.60 bits per heavy atom. The Bertz CT molecular complexity index is 1450. The summed E-state index contributed by atoms with van der Waals surface area (Å²) in [5.41, 5.74) is 3.07. The molecule has 1 heterocycles. The fourth-order valence-corrected chi connectivity index (χ4v) is 8.19. The van der Waals surface area contributed by atoms with Gasteiger partial charge in [0.2, 0.25) is 15.9 Å². The average molecular weight is 697 g/mol. The van der Waals surface area contributed by atoms with E-state index in [2.05, 4.69) is 40.8 Å². The van der Waals surface area contributed by atoms with Gasteiger partial charge >= 0.3 is 0 Å². The van der Waals surface area contributed by atoms with Crippen LogP contribution < -0.4 is 0 Å². The number of halogens is 1. The van der Waals surface area contributed by atoms with Crippen molar-refractivity contribution in [3.63, 3.8) is 0 Å².